The third-order valence-corrected chi connectivity index (χ3v) is 4.21. The fraction of sp³-hybridized carbons (Fsp3) is 0.182. The first-order valence-electron chi connectivity index (χ1n) is 8.88. The van der Waals surface area contributed by atoms with Gasteiger partial charge in [-0.05, 0) is 36.1 Å². The first kappa shape index (κ1) is 20.9. The van der Waals surface area contributed by atoms with Gasteiger partial charge in [-0.2, -0.15) is 0 Å². The minimum Gasteiger partial charge on any atom is -0.508 e. The first-order valence-corrected chi connectivity index (χ1v) is 8.88. The van der Waals surface area contributed by atoms with E-state index in [1.54, 1.807) is 30.4 Å². The molecule has 2 rings (SSSR count). The maximum absolute atomic E-state index is 12.4. The minimum absolute atomic E-state index is 0.0666. The molecule has 0 bridgehead atoms. The largest absolute Gasteiger partial charge is 0.508 e. The van der Waals surface area contributed by atoms with E-state index >= 15 is 0 Å². The van der Waals surface area contributed by atoms with Crippen LogP contribution in [0.25, 0.3) is 11.1 Å². The van der Waals surface area contributed by atoms with Gasteiger partial charge in [0.25, 0.3) is 5.56 Å². The number of hydrogen-bond acceptors (Lipinski definition) is 5. The second-order valence-electron chi connectivity index (χ2n) is 6.15. The molecule has 0 saturated carbocycles. The SMILES string of the molecule is CCC(/C=C/C=C/C=C/C(=O)c1c(O)c(-c2ccc(O)cc2)c[nH]c1=O)CO. The number of phenols is 1. The van der Waals surface area contributed by atoms with E-state index in [0.29, 0.717) is 5.56 Å². The lowest BCUT2D eigenvalue weighted by molar-refractivity contribution is 0.104. The van der Waals surface area contributed by atoms with Gasteiger partial charge in [0.05, 0.1) is 0 Å². The van der Waals surface area contributed by atoms with Crippen molar-refractivity contribution < 1.29 is 20.1 Å². The Kier molecular flexibility index (Phi) is 7.54. The molecular formula is C22H23NO5. The molecule has 4 N–H and O–H groups in total. The molecule has 2 aromatic rings. The van der Waals surface area contributed by atoms with Gasteiger partial charge in [0.2, 0.25) is 0 Å². The van der Waals surface area contributed by atoms with Crippen molar-refractivity contribution in [1.82, 2.24) is 4.98 Å². The summed E-state index contributed by atoms with van der Waals surface area (Å²) in [6.45, 7) is 2.05. The lowest BCUT2D eigenvalue weighted by Crippen LogP contribution is -2.16. The van der Waals surface area contributed by atoms with Crippen molar-refractivity contribution in [3.63, 3.8) is 0 Å². The smallest absolute Gasteiger partial charge is 0.263 e. The van der Waals surface area contributed by atoms with E-state index in [9.17, 15) is 19.8 Å². The molecular weight excluding hydrogens is 358 g/mol. The average Bonchev–Trinajstić information content (AvgIpc) is 2.68. The molecule has 146 valence electrons. The highest BCUT2D eigenvalue weighted by Gasteiger charge is 2.18. The summed E-state index contributed by atoms with van der Waals surface area (Å²) in [6, 6.07) is 6.02. The normalized spacial score (nSPS) is 12.9. The summed E-state index contributed by atoms with van der Waals surface area (Å²) < 4.78 is 0. The number of H-pyrrole nitrogens is 1. The van der Waals surface area contributed by atoms with Crippen molar-refractivity contribution >= 4 is 5.78 Å². The molecule has 6 heteroatoms. The molecule has 1 atom stereocenters. The summed E-state index contributed by atoms with van der Waals surface area (Å²) in [5.41, 5.74) is -0.210. The third-order valence-electron chi connectivity index (χ3n) is 4.21. The number of benzene rings is 1. The second-order valence-corrected chi connectivity index (χ2v) is 6.15. The Bertz CT molecular complexity index is 948. The number of carbonyl (C=O) groups excluding carboxylic acids is 1. The fourth-order valence-electron chi connectivity index (χ4n) is 2.51. The number of hydrogen-bond donors (Lipinski definition) is 4. The number of aliphatic hydroxyl groups is 1. The van der Waals surface area contributed by atoms with Gasteiger partial charge in [0.1, 0.15) is 17.1 Å². The minimum atomic E-state index is -0.688. The van der Waals surface area contributed by atoms with Gasteiger partial charge in [0, 0.05) is 18.4 Å². The van der Waals surface area contributed by atoms with E-state index in [0.717, 1.165) is 6.42 Å². The molecule has 0 radical (unpaired) electrons. The predicted molar refractivity (Wildman–Crippen MR) is 108 cm³/mol. The number of allylic oxidation sites excluding steroid dienone is 5. The molecule has 28 heavy (non-hydrogen) atoms. The van der Waals surface area contributed by atoms with Crippen LogP contribution >= 0.6 is 0 Å². The van der Waals surface area contributed by atoms with Crippen LogP contribution in [0.2, 0.25) is 0 Å². The van der Waals surface area contributed by atoms with Crippen molar-refractivity contribution in [2.75, 3.05) is 6.61 Å². The monoisotopic (exact) mass is 381 g/mol. The molecule has 0 aliphatic heterocycles. The van der Waals surface area contributed by atoms with E-state index in [2.05, 4.69) is 4.98 Å². The van der Waals surface area contributed by atoms with Crippen molar-refractivity contribution in [3.05, 3.63) is 82.8 Å². The summed E-state index contributed by atoms with van der Waals surface area (Å²) >= 11 is 0. The summed E-state index contributed by atoms with van der Waals surface area (Å²) in [5, 5.41) is 28.9. The molecule has 1 heterocycles. The van der Waals surface area contributed by atoms with E-state index in [4.69, 9.17) is 5.11 Å². The van der Waals surface area contributed by atoms with Crippen LogP contribution in [0.5, 0.6) is 11.5 Å². The third kappa shape index (κ3) is 5.31. The molecule has 0 aliphatic rings. The van der Waals surface area contributed by atoms with Gasteiger partial charge in [-0.15, -0.1) is 0 Å². The Balaban J connectivity index is 2.20. The highest BCUT2D eigenvalue weighted by molar-refractivity contribution is 6.07. The van der Waals surface area contributed by atoms with Crippen LogP contribution in [0.3, 0.4) is 0 Å². The number of pyridine rings is 1. The maximum Gasteiger partial charge on any atom is 0.263 e. The predicted octanol–water partition coefficient (Wildman–Crippen LogP) is 3.32. The summed E-state index contributed by atoms with van der Waals surface area (Å²) in [7, 11) is 0. The molecule has 6 nitrogen and oxygen atoms in total. The number of phenolic OH excluding ortho intramolecular Hbond substituents is 1. The quantitative estimate of drug-likeness (QED) is 0.318. The standard InChI is InChI=1S/C22H23NO5/c1-2-15(14-24)7-5-3-4-6-8-19(26)20-21(27)18(13-23-22(20)28)16-9-11-17(25)12-10-16/h3-13,15,24-25H,2,14H2,1H3,(H2,23,27,28)/b4-3+,7-5+,8-6+. The zero-order chi connectivity index (χ0) is 20.5. The van der Waals surface area contributed by atoms with Crippen LogP contribution in [-0.4, -0.2) is 32.7 Å². The van der Waals surface area contributed by atoms with Crippen LogP contribution in [0.4, 0.5) is 0 Å². The van der Waals surface area contributed by atoms with E-state index in [-0.39, 0.29) is 29.4 Å². The number of nitrogens with one attached hydrogen (secondary N) is 1. The van der Waals surface area contributed by atoms with Gasteiger partial charge in [-0.1, -0.05) is 49.4 Å². The maximum atomic E-state index is 12.4. The van der Waals surface area contributed by atoms with Crippen LogP contribution < -0.4 is 5.56 Å². The zero-order valence-electron chi connectivity index (χ0n) is 15.5. The molecule has 1 unspecified atom stereocenters. The average molecular weight is 381 g/mol. The first-order chi connectivity index (χ1) is 13.5. The van der Waals surface area contributed by atoms with Gasteiger partial charge < -0.3 is 20.3 Å². The Labute approximate surface area is 162 Å². The van der Waals surface area contributed by atoms with E-state index in [1.807, 2.05) is 13.0 Å². The van der Waals surface area contributed by atoms with Crippen LogP contribution in [0.1, 0.15) is 23.7 Å². The summed E-state index contributed by atoms with van der Waals surface area (Å²) in [6.07, 6.45) is 11.8. The van der Waals surface area contributed by atoms with Gasteiger partial charge in [-0.3, -0.25) is 9.59 Å². The summed E-state index contributed by atoms with van der Waals surface area (Å²) in [4.78, 5) is 26.9. The fourth-order valence-corrected chi connectivity index (χ4v) is 2.51. The Morgan fingerprint density at radius 3 is 2.43 bits per heavy atom. The highest BCUT2D eigenvalue weighted by atomic mass is 16.3. The highest BCUT2D eigenvalue weighted by Crippen LogP contribution is 2.31. The van der Waals surface area contributed by atoms with Gasteiger partial charge in [-0.25, -0.2) is 0 Å². The lowest BCUT2D eigenvalue weighted by atomic mass is 10.0. The topological polar surface area (TPSA) is 111 Å². The molecule has 0 amide bonds. The molecule has 1 aromatic heterocycles. The van der Waals surface area contributed by atoms with E-state index in [1.165, 1.54) is 30.5 Å². The number of aromatic nitrogens is 1. The van der Waals surface area contributed by atoms with Crippen molar-refractivity contribution in [3.8, 4) is 22.6 Å². The number of carbonyl (C=O) groups is 1. The number of ketones is 1. The molecule has 0 spiro atoms. The van der Waals surface area contributed by atoms with Gasteiger partial charge >= 0.3 is 0 Å². The Hall–Kier alpha value is -3.38. The molecule has 0 saturated heterocycles. The van der Waals surface area contributed by atoms with Crippen molar-refractivity contribution in [1.29, 1.82) is 0 Å². The van der Waals surface area contributed by atoms with E-state index < -0.39 is 17.1 Å². The number of aromatic amines is 1. The molecule has 0 aliphatic carbocycles. The van der Waals surface area contributed by atoms with Crippen LogP contribution in [-0.2, 0) is 0 Å². The second kappa shape index (κ2) is 10.1. The Morgan fingerprint density at radius 2 is 1.79 bits per heavy atom. The van der Waals surface area contributed by atoms with Gasteiger partial charge in [0.15, 0.2) is 5.78 Å². The summed E-state index contributed by atoms with van der Waals surface area (Å²) in [5.74, 6) is -0.887. The molecule has 1 aromatic carbocycles. The number of aromatic hydroxyl groups is 2. The number of aliphatic hydroxyl groups excluding tert-OH is 1. The van der Waals surface area contributed by atoms with Crippen molar-refractivity contribution in [2.24, 2.45) is 5.92 Å². The van der Waals surface area contributed by atoms with Crippen LogP contribution in [0, 0.1) is 5.92 Å². The molecule has 0 fully saturated rings. The Morgan fingerprint density at radius 1 is 1.11 bits per heavy atom. The zero-order valence-corrected chi connectivity index (χ0v) is 15.5. The van der Waals surface area contributed by atoms with Crippen molar-refractivity contribution in [2.45, 2.75) is 13.3 Å². The number of rotatable bonds is 8. The van der Waals surface area contributed by atoms with Crippen LogP contribution in [0.15, 0.2) is 71.7 Å². The lowest BCUT2D eigenvalue weighted by Gasteiger charge is -2.07.